The van der Waals surface area contributed by atoms with E-state index in [1.165, 1.54) is 18.9 Å². The molecule has 10 nitrogen and oxygen atoms in total. The van der Waals surface area contributed by atoms with Crippen LogP contribution < -0.4 is 5.32 Å². The zero-order valence-electron chi connectivity index (χ0n) is 13.9. The molecular formula is C15H19N7O3. The molecule has 0 radical (unpaired) electrons. The minimum atomic E-state index is -0.508. The molecule has 0 saturated carbocycles. The molecule has 0 unspecified atom stereocenters. The third-order valence-electron chi connectivity index (χ3n) is 3.87. The van der Waals surface area contributed by atoms with E-state index in [0.29, 0.717) is 24.3 Å². The lowest BCUT2D eigenvalue weighted by Crippen LogP contribution is -2.11. The molecule has 0 fully saturated rings. The molecule has 0 saturated heterocycles. The van der Waals surface area contributed by atoms with E-state index >= 15 is 0 Å². The van der Waals surface area contributed by atoms with Crippen LogP contribution in [0.4, 0.5) is 11.4 Å². The molecule has 0 aliphatic rings. The summed E-state index contributed by atoms with van der Waals surface area (Å²) in [6.07, 6.45) is 6.37. The summed E-state index contributed by atoms with van der Waals surface area (Å²) in [7, 11) is 0. The zero-order chi connectivity index (χ0) is 17.6. The van der Waals surface area contributed by atoms with Gasteiger partial charge in [0.05, 0.1) is 22.8 Å². The predicted molar refractivity (Wildman–Crippen MR) is 90.2 cm³/mol. The van der Waals surface area contributed by atoms with Gasteiger partial charge >= 0.3 is 5.69 Å². The van der Waals surface area contributed by atoms with Crippen molar-refractivity contribution in [2.45, 2.75) is 39.2 Å². The van der Waals surface area contributed by atoms with Gasteiger partial charge in [-0.2, -0.15) is 0 Å². The van der Waals surface area contributed by atoms with Crippen LogP contribution in [0.3, 0.4) is 0 Å². The van der Waals surface area contributed by atoms with Gasteiger partial charge in [-0.15, -0.1) is 5.10 Å². The number of nitrogens with zero attached hydrogens (tertiary/aromatic N) is 6. The molecular weight excluding hydrogens is 326 g/mol. The Morgan fingerprint density at radius 3 is 2.92 bits per heavy atom. The smallest absolute Gasteiger partial charge is 0.300 e. The average molecular weight is 345 g/mol. The first-order valence-corrected chi connectivity index (χ1v) is 8.21. The molecule has 25 heavy (non-hydrogen) atoms. The Bertz CT molecular complexity index is 858. The van der Waals surface area contributed by atoms with E-state index in [4.69, 9.17) is 0 Å². The molecule has 0 bridgehead atoms. The van der Waals surface area contributed by atoms with Gasteiger partial charge < -0.3 is 5.32 Å². The van der Waals surface area contributed by atoms with E-state index in [2.05, 4.69) is 37.5 Å². The average Bonchev–Trinajstić information content (AvgIpc) is 3.24. The normalized spacial score (nSPS) is 11.1. The maximum Gasteiger partial charge on any atom is 0.300 e. The van der Waals surface area contributed by atoms with Gasteiger partial charge in [-0.3, -0.25) is 14.8 Å². The summed E-state index contributed by atoms with van der Waals surface area (Å²) in [5, 5.41) is 29.8. The molecule has 1 N–H and O–H groups in total. The van der Waals surface area contributed by atoms with Crippen LogP contribution in [0.1, 0.15) is 31.9 Å². The molecule has 2 heterocycles. The Hall–Kier alpha value is -3.04. The van der Waals surface area contributed by atoms with E-state index in [0.717, 1.165) is 18.5 Å². The lowest BCUT2D eigenvalue weighted by atomic mass is 10.2. The number of nitrogens with one attached hydrogen (secondary N) is 1. The number of fused-ring (bicyclic) bond motifs is 1. The Morgan fingerprint density at radius 2 is 2.12 bits per heavy atom. The van der Waals surface area contributed by atoms with E-state index in [9.17, 15) is 10.1 Å². The number of hydrogen-bond acceptors (Lipinski definition) is 8. The summed E-state index contributed by atoms with van der Waals surface area (Å²) in [6.45, 7) is 3.35. The third-order valence-corrected chi connectivity index (χ3v) is 3.87. The molecule has 3 rings (SSSR count). The van der Waals surface area contributed by atoms with Gasteiger partial charge in [0.2, 0.25) is 5.52 Å². The fourth-order valence-corrected chi connectivity index (χ4v) is 2.57. The summed E-state index contributed by atoms with van der Waals surface area (Å²) < 4.78 is 6.41. The summed E-state index contributed by atoms with van der Waals surface area (Å²) in [6, 6.07) is 2.98. The molecule has 10 heteroatoms. The van der Waals surface area contributed by atoms with E-state index in [-0.39, 0.29) is 11.2 Å². The highest BCUT2D eigenvalue weighted by Gasteiger charge is 2.19. The Morgan fingerprint density at radius 1 is 1.28 bits per heavy atom. The maximum absolute atomic E-state index is 11.0. The van der Waals surface area contributed by atoms with Gasteiger partial charge in [0.1, 0.15) is 0 Å². The predicted octanol–water partition coefficient (Wildman–Crippen LogP) is 2.57. The number of anilines is 1. The molecule has 0 amide bonds. The van der Waals surface area contributed by atoms with Crippen LogP contribution in [0.2, 0.25) is 0 Å². The van der Waals surface area contributed by atoms with Crippen LogP contribution in [0.25, 0.3) is 11.0 Å². The van der Waals surface area contributed by atoms with Crippen molar-refractivity contribution in [1.29, 1.82) is 0 Å². The standard InChI is InChI=1S/C15H19N7O3/c1-2-3-4-5-11-10-21(20-17-11)9-8-16-12-6-7-13(22(23)24)15-14(12)18-25-19-15/h6-7,10,16H,2-5,8-9H2,1H3. The first-order chi connectivity index (χ1) is 12.2. The quantitative estimate of drug-likeness (QED) is 0.356. The second kappa shape index (κ2) is 7.69. The first kappa shape index (κ1) is 16.8. The lowest BCUT2D eigenvalue weighted by Gasteiger charge is -2.06. The molecule has 0 spiro atoms. The number of non-ortho nitro benzene ring substituents is 1. The number of aromatic nitrogens is 5. The molecule has 0 atom stereocenters. The number of benzene rings is 1. The molecule has 0 aliphatic heterocycles. The molecule has 132 valence electrons. The largest absolute Gasteiger partial charge is 0.381 e. The SMILES string of the molecule is CCCCCc1cn(CCNc2ccc([N+](=O)[O-])c3nonc23)nn1. The highest BCUT2D eigenvalue weighted by Crippen LogP contribution is 2.28. The van der Waals surface area contributed by atoms with E-state index in [1.807, 2.05) is 6.20 Å². The van der Waals surface area contributed by atoms with Crippen LogP contribution >= 0.6 is 0 Å². The van der Waals surface area contributed by atoms with Crippen LogP contribution in [-0.4, -0.2) is 36.8 Å². The van der Waals surface area contributed by atoms with E-state index in [1.54, 1.807) is 10.7 Å². The zero-order valence-corrected chi connectivity index (χ0v) is 13.9. The van der Waals surface area contributed by atoms with Gasteiger partial charge in [0, 0.05) is 18.8 Å². The molecule has 2 aromatic heterocycles. The summed E-state index contributed by atoms with van der Waals surface area (Å²) >= 11 is 0. The van der Waals surface area contributed by atoms with Crippen molar-refractivity contribution in [3.8, 4) is 0 Å². The van der Waals surface area contributed by atoms with Gasteiger partial charge in [-0.1, -0.05) is 25.0 Å². The van der Waals surface area contributed by atoms with Crippen LogP contribution in [0, 0.1) is 10.1 Å². The maximum atomic E-state index is 11.0. The lowest BCUT2D eigenvalue weighted by molar-refractivity contribution is -0.383. The summed E-state index contributed by atoms with van der Waals surface area (Å²) in [5.41, 5.74) is 1.97. The van der Waals surface area contributed by atoms with Crippen molar-refractivity contribution < 1.29 is 9.55 Å². The molecule has 0 aliphatic carbocycles. The third kappa shape index (κ3) is 3.90. The Labute approximate surface area is 143 Å². The second-order valence-electron chi connectivity index (χ2n) is 5.71. The number of aryl methyl sites for hydroxylation is 1. The molecule has 3 aromatic rings. The minimum Gasteiger partial charge on any atom is -0.381 e. The highest BCUT2D eigenvalue weighted by molar-refractivity contribution is 5.93. The number of hydrogen-bond donors (Lipinski definition) is 1. The first-order valence-electron chi connectivity index (χ1n) is 8.21. The fourth-order valence-electron chi connectivity index (χ4n) is 2.57. The van der Waals surface area contributed by atoms with Crippen LogP contribution in [-0.2, 0) is 13.0 Å². The molecule has 1 aromatic carbocycles. The van der Waals surface area contributed by atoms with Gasteiger partial charge in [-0.25, -0.2) is 4.63 Å². The summed E-state index contributed by atoms with van der Waals surface area (Å²) in [4.78, 5) is 10.5. The number of unbranched alkanes of at least 4 members (excludes halogenated alkanes) is 2. The van der Waals surface area contributed by atoms with Crippen LogP contribution in [0.5, 0.6) is 0 Å². The highest BCUT2D eigenvalue weighted by atomic mass is 16.6. The topological polar surface area (TPSA) is 125 Å². The van der Waals surface area contributed by atoms with Gasteiger partial charge in [0.15, 0.2) is 5.52 Å². The van der Waals surface area contributed by atoms with Crippen molar-refractivity contribution in [2.24, 2.45) is 0 Å². The monoisotopic (exact) mass is 345 g/mol. The van der Waals surface area contributed by atoms with Gasteiger partial charge in [-0.05, 0) is 29.2 Å². The van der Waals surface area contributed by atoms with Crippen molar-refractivity contribution in [2.75, 3.05) is 11.9 Å². The number of rotatable bonds is 9. The van der Waals surface area contributed by atoms with Crippen molar-refractivity contribution in [1.82, 2.24) is 25.3 Å². The Kier molecular flexibility index (Phi) is 5.17. The van der Waals surface area contributed by atoms with Crippen molar-refractivity contribution in [3.63, 3.8) is 0 Å². The van der Waals surface area contributed by atoms with Crippen LogP contribution in [0.15, 0.2) is 23.0 Å². The number of nitro benzene ring substituents is 1. The fraction of sp³-hybridized carbons (Fsp3) is 0.467. The van der Waals surface area contributed by atoms with Crippen molar-refractivity contribution >= 4 is 22.4 Å². The van der Waals surface area contributed by atoms with Crippen molar-refractivity contribution in [3.05, 3.63) is 34.1 Å². The minimum absolute atomic E-state index is 0.130. The summed E-state index contributed by atoms with van der Waals surface area (Å²) in [5.74, 6) is 0. The number of nitro groups is 1. The second-order valence-corrected chi connectivity index (χ2v) is 5.71. The Balaban J connectivity index is 1.59. The van der Waals surface area contributed by atoms with Gasteiger partial charge in [0.25, 0.3) is 0 Å². The van der Waals surface area contributed by atoms with E-state index < -0.39 is 4.92 Å².